The van der Waals surface area contributed by atoms with Crippen LogP contribution in [0.15, 0.2) is 67.3 Å². The number of nitro groups is 1. The third-order valence-electron chi connectivity index (χ3n) is 6.75. The van der Waals surface area contributed by atoms with Crippen LogP contribution in [0.4, 0.5) is 20.2 Å². The van der Waals surface area contributed by atoms with E-state index in [1.54, 1.807) is 36.4 Å². The van der Waals surface area contributed by atoms with Gasteiger partial charge in [0.25, 0.3) is 12.1 Å². The van der Waals surface area contributed by atoms with E-state index in [0.717, 1.165) is 0 Å². The zero-order valence-electron chi connectivity index (χ0n) is 20.9. The first kappa shape index (κ1) is 26.5. The average Bonchev–Trinajstić information content (AvgIpc) is 3.42. The second-order valence-corrected chi connectivity index (χ2v) is 9.69. The second-order valence-electron chi connectivity index (χ2n) is 9.69. The summed E-state index contributed by atoms with van der Waals surface area (Å²) in [6.45, 7) is 3.97. The van der Waals surface area contributed by atoms with Crippen molar-refractivity contribution in [3.8, 4) is 6.07 Å². The Bertz CT molecular complexity index is 1410. The summed E-state index contributed by atoms with van der Waals surface area (Å²) in [5.41, 5.74) is 0.291. The van der Waals surface area contributed by atoms with Gasteiger partial charge in [-0.05, 0) is 48.2 Å². The zero-order chi connectivity index (χ0) is 27.6. The second kappa shape index (κ2) is 10.4. The summed E-state index contributed by atoms with van der Waals surface area (Å²) in [5.74, 6) is -0.632. The summed E-state index contributed by atoms with van der Waals surface area (Å²) in [6.07, 6.45) is 3.71. The Morgan fingerprint density at radius 2 is 2.00 bits per heavy atom. The van der Waals surface area contributed by atoms with Gasteiger partial charge in [-0.1, -0.05) is 13.8 Å². The Morgan fingerprint density at radius 3 is 2.58 bits per heavy atom. The van der Waals surface area contributed by atoms with Gasteiger partial charge in [-0.25, -0.2) is 18.6 Å². The number of imidazole rings is 1. The lowest BCUT2D eigenvalue weighted by atomic mass is 9.73. The number of carbonyl (C=O) groups is 1. The molecule has 2 aromatic carbocycles. The van der Waals surface area contributed by atoms with E-state index in [1.807, 2.05) is 30.9 Å². The van der Waals surface area contributed by atoms with E-state index in [9.17, 15) is 29.0 Å². The number of nitro benzene ring substituents is 1. The number of benzene rings is 2. The minimum absolute atomic E-state index is 0.0760. The monoisotopic (exact) mass is 521 g/mol. The van der Waals surface area contributed by atoms with Crippen LogP contribution in [0.3, 0.4) is 0 Å². The number of rotatable bonds is 7. The number of nitrogens with zero attached hydrogens (tertiary/aromatic N) is 5. The minimum Gasteiger partial charge on any atom is -0.452 e. The topological polar surface area (TPSA) is 114 Å². The highest BCUT2D eigenvalue weighted by Gasteiger charge is 2.42. The Kier molecular flexibility index (Phi) is 7.26. The lowest BCUT2D eigenvalue weighted by Gasteiger charge is -2.45. The lowest BCUT2D eigenvalue weighted by molar-refractivity contribution is -0.384. The maximum absolute atomic E-state index is 13.6. The van der Waals surface area contributed by atoms with Gasteiger partial charge in [0.15, 0.2) is 0 Å². The predicted octanol–water partition coefficient (Wildman–Crippen LogP) is 5.60. The first-order chi connectivity index (χ1) is 18.0. The van der Waals surface area contributed by atoms with E-state index in [0.29, 0.717) is 17.8 Å². The van der Waals surface area contributed by atoms with Crippen LogP contribution in [0.25, 0.3) is 5.70 Å². The van der Waals surface area contributed by atoms with Gasteiger partial charge in [0.05, 0.1) is 40.2 Å². The third kappa shape index (κ3) is 5.25. The first-order valence-corrected chi connectivity index (χ1v) is 11.7. The molecular formula is C27H25F2N5O4. The van der Waals surface area contributed by atoms with Crippen molar-refractivity contribution in [3.63, 3.8) is 0 Å². The molecule has 0 N–H and O–H groups in total. The molecule has 1 heterocycles. The van der Waals surface area contributed by atoms with Crippen molar-refractivity contribution in [1.29, 1.82) is 5.26 Å². The molecule has 1 aromatic heterocycles. The van der Waals surface area contributed by atoms with E-state index in [2.05, 4.69) is 4.98 Å². The van der Waals surface area contributed by atoms with Gasteiger partial charge in [-0.3, -0.25) is 10.1 Å². The number of likely N-dealkylation sites (N-methyl/N-ethyl adjacent to an activating group) is 1. The number of hydrogen-bond acceptors (Lipinski definition) is 7. The van der Waals surface area contributed by atoms with Crippen LogP contribution >= 0.6 is 0 Å². The lowest BCUT2D eigenvalue weighted by Crippen LogP contribution is -2.48. The van der Waals surface area contributed by atoms with Crippen molar-refractivity contribution in [2.45, 2.75) is 38.8 Å². The van der Waals surface area contributed by atoms with Crippen LogP contribution in [-0.4, -0.2) is 39.6 Å². The van der Waals surface area contributed by atoms with E-state index in [1.165, 1.54) is 36.4 Å². The number of esters is 1. The van der Waals surface area contributed by atoms with Gasteiger partial charge >= 0.3 is 5.97 Å². The summed E-state index contributed by atoms with van der Waals surface area (Å²) in [4.78, 5) is 29.3. The number of carbonyl (C=O) groups excluding carboxylic acids is 1. The first-order valence-electron chi connectivity index (χ1n) is 11.7. The molecule has 196 valence electrons. The fraction of sp³-hybridized carbons (Fsp3) is 0.296. The fourth-order valence-corrected chi connectivity index (χ4v) is 4.73. The zero-order valence-corrected chi connectivity index (χ0v) is 20.9. The quantitative estimate of drug-likeness (QED) is 0.226. The number of anilines is 1. The number of aromatic nitrogens is 2. The molecule has 0 aliphatic heterocycles. The van der Waals surface area contributed by atoms with E-state index in [-0.39, 0.29) is 28.4 Å². The average molecular weight is 522 g/mol. The van der Waals surface area contributed by atoms with Crippen molar-refractivity contribution in [2.75, 3.05) is 11.9 Å². The largest absolute Gasteiger partial charge is 0.452 e. The normalized spacial score (nSPS) is 18.4. The molecule has 3 aromatic rings. The van der Waals surface area contributed by atoms with Crippen molar-refractivity contribution in [3.05, 3.63) is 94.1 Å². The minimum atomic E-state index is -2.79. The van der Waals surface area contributed by atoms with Crippen LogP contribution in [0.2, 0.25) is 0 Å². The number of alkyl halides is 2. The van der Waals surface area contributed by atoms with Crippen LogP contribution in [0, 0.1) is 26.9 Å². The number of non-ortho nitro benzene ring substituents is 1. The Balaban J connectivity index is 1.68. The molecule has 2 atom stereocenters. The molecule has 1 aliphatic carbocycles. The summed E-state index contributed by atoms with van der Waals surface area (Å²) >= 11 is 0. The standard InChI is InChI=1S/C27H25F2N5O4/c1-27(2)14-23(38-26(35)17-4-7-19(8-5-17)34(36)37)22(33-11-10-31-16-33)13-24(27)32(3)20-9-6-18(15-30)21(12-20)25(28)29/h4-13,16,23-25H,14H2,1-3H3/t23-,24-/m0/s1. The number of nitriles is 1. The molecule has 11 heteroatoms. The molecule has 9 nitrogen and oxygen atoms in total. The summed E-state index contributed by atoms with van der Waals surface area (Å²) < 4.78 is 34.8. The van der Waals surface area contributed by atoms with Gasteiger partial charge in [-0.15, -0.1) is 0 Å². The van der Waals surface area contributed by atoms with Crippen LogP contribution < -0.4 is 4.90 Å². The van der Waals surface area contributed by atoms with E-state index < -0.39 is 28.8 Å². The number of halogens is 2. The van der Waals surface area contributed by atoms with Crippen LogP contribution in [-0.2, 0) is 4.74 Å². The summed E-state index contributed by atoms with van der Waals surface area (Å²) in [6, 6.07) is 11.0. The van der Waals surface area contributed by atoms with E-state index >= 15 is 0 Å². The molecule has 0 saturated carbocycles. The smallest absolute Gasteiger partial charge is 0.338 e. The Morgan fingerprint density at radius 1 is 1.29 bits per heavy atom. The SMILES string of the molecule is CN(c1ccc(C#N)c(C(F)F)c1)[C@H]1C=C(n2ccnc2)[C@@H](OC(=O)c2ccc([N+](=O)[O-])cc2)CC1(C)C. The molecule has 0 saturated heterocycles. The molecule has 38 heavy (non-hydrogen) atoms. The fourth-order valence-electron chi connectivity index (χ4n) is 4.73. The van der Waals surface area contributed by atoms with Crippen molar-refractivity contribution >= 4 is 23.0 Å². The maximum atomic E-state index is 13.6. The van der Waals surface area contributed by atoms with Gasteiger partial charge < -0.3 is 14.2 Å². The van der Waals surface area contributed by atoms with Gasteiger partial charge in [-0.2, -0.15) is 5.26 Å². The molecule has 0 amide bonds. The predicted molar refractivity (Wildman–Crippen MR) is 136 cm³/mol. The molecule has 1 aliphatic rings. The highest BCUT2D eigenvalue weighted by molar-refractivity contribution is 5.90. The number of hydrogen-bond donors (Lipinski definition) is 0. The Labute approximate surface area is 217 Å². The molecule has 0 unspecified atom stereocenters. The molecule has 0 radical (unpaired) electrons. The highest BCUT2D eigenvalue weighted by atomic mass is 19.3. The highest BCUT2D eigenvalue weighted by Crippen LogP contribution is 2.42. The summed E-state index contributed by atoms with van der Waals surface area (Å²) in [5, 5.41) is 20.1. The van der Waals surface area contributed by atoms with E-state index in [4.69, 9.17) is 4.74 Å². The van der Waals surface area contributed by atoms with Gasteiger partial charge in [0.1, 0.15) is 6.10 Å². The molecule has 0 spiro atoms. The molecule has 0 bridgehead atoms. The summed E-state index contributed by atoms with van der Waals surface area (Å²) in [7, 11) is 1.79. The molecule has 0 fully saturated rings. The Hall–Kier alpha value is -4.59. The maximum Gasteiger partial charge on any atom is 0.338 e. The third-order valence-corrected chi connectivity index (χ3v) is 6.75. The molecular weight excluding hydrogens is 496 g/mol. The molecule has 4 rings (SSSR count). The number of ether oxygens (including phenoxy) is 1. The van der Waals surface area contributed by atoms with Crippen molar-refractivity contribution in [2.24, 2.45) is 5.41 Å². The van der Waals surface area contributed by atoms with Crippen LogP contribution in [0.5, 0.6) is 0 Å². The van der Waals surface area contributed by atoms with Crippen molar-refractivity contribution < 1.29 is 23.2 Å². The van der Waals surface area contributed by atoms with Gasteiger partial charge in [0, 0.05) is 42.8 Å². The van der Waals surface area contributed by atoms with Crippen LogP contribution in [0.1, 0.15) is 48.2 Å². The van der Waals surface area contributed by atoms with Crippen molar-refractivity contribution in [1.82, 2.24) is 9.55 Å². The van der Waals surface area contributed by atoms with Gasteiger partial charge in [0.2, 0.25) is 0 Å².